The van der Waals surface area contributed by atoms with Gasteiger partial charge in [-0.3, -0.25) is 4.79 Å². The molecular formula is C29H39N3O9S. The maximum absolute atomic E-state index is 13.5. The van der Waals surface area contributed by atoms with E-state index >= 15 is 0 Å². The molecule has 13 heteroatoms. The number of methoxy groups -OCH3 is 1. The molecule has 0 spiro atoms. The number of carbonyl (C=O) groups excluding carboxylic acids is 3. The summed E-state index contributed by atoms with van der Waals surface area (Å²) in [5.41, 5.74) is 1.58. The van der Waals surface area contributed by atoms with Gasteiger partial charge in [-0.25, -0.2) is 18.0 Å². The van der Waals surface area contributed by atoms with Crippen LogP contribution in [0.25, 0.3) is 0 Å². The first-order valence-corrected chi connectivity index (χ1v) is 15.1. The van der Waals surface area contributed by atoms with Crippen LogP contribution in [0.4, 0.5) is 4.79 Å². The number of aryl methyl sites for hydroxylation is 1. The van der Waals surface area contributed by atoms with Gasteiger partial charge in [-0.2, -0.15) is 4.31 Å². The summed E-state index contributed by atoms with van der Waals surface area (Å²) in [7, 11) is 0.753. The van der Waals surface area contributed by atoms with E-state index in [9.17, 15) is 22.8 Å². The molecule has 0 radical (unpaired) electrons. The number of hydrogen-bond acceptors (Lipinski definition) is 9. The maximum atomic E-state index is 13.5. The van der Waals surface area contributed by atoms with Gasteiger partial charge in [0.15, 0.2) is 0 Å². The minimum atomic E-state index is -3.93. The average molecular weight is 606 g/mol. The van der Waals surface area contributed by atoms with Crippen molar-refractivity contribution in [2.75, 3.05) is 54.2 Å². The second-order valence-electron chi connectivity index (χ2n) is 10.0. The van der Waals surface area contributed by atoms with Gasteiger partial charge in [0.1, 0.15) is 24.4 Å². The minimum absolute atomic E-state index is 0.0360. The van der Waals surface area contributed by atoms with E-state index in [1.807, 2.05) is 6.92 Å². The number of amides is 2. The molecule has 230 valence electrons. The van der Waals surface area contributed by atoms with Gasteiger partial charge in [0.05, 0.1) is 24.7 Å². The molecule has 0 aliphatic carbocycles. The van der Waals surface area contributed by atoms with Crippen LogP contribution >= 0.6 is 0 Å². The highest BCUT2D eigenvalue weighted by molar-refractivity contribution is 7.89. The highest BCUT2D eigenvalue weighted by Crippen LogP contribution is 2.27. The molecule has 1 aliphatic heterocycles. The molecule has 2 aromatic rings. The van der Waals surface area contributed by atoms with Crippen molar-refractivity contribution in [1.82, 2.24) is 14.5 Å². The number of esters is 1. The van der Waals surface area contributed by atoms with Crippen LogP contribution in [-0.4, -0.2) is 102 Å². The molecule has 12 nitrogen and oxygen atoms in total. The SMILES string of the molecule is COCCOCCOC(=O)[C@H](Cc1ccc(OC(=O)N(C)C)cc1)NC(=O)[C@@H]1CCCN1S(=O)(=O)c1ccc(C)cc1. The van der Waals surface area contributed by atoms with Gasteiger partial charge in [-0.1, -0.05) is 29.8 Å². The van der Waals surface area contributed by atoms with Gasteiger partial charge in [0.2, 0.25) is 15.9 Å². The second-order valence-corrected chi connectivity index (χ2v) is 11.9. The van der Waals surface area contributed by atoms with E-state index in [2.05, 4.69) is 5.32 Å². The number of carbonyl (C=O) groups is 3. The van der Waals surface area contributed by atoms with E-state index < -0.39 is 40.1 Å². The summed E-state index contributed by atoms with van der Waals surface area (Å²) in [6, 6.07) is 10.9. The first-order valence-electron chi connectivity index (χ1n) is 13.6. The lowest BCUT2D eigenvalue weighted by Gasteiger charge is -2.26. The molecule has 3 rings (SSSR count). The zero-order valence-corrected chi connectivity index (χ0v) is 25.2. The number of hydrogen-bond donors (Lipinski definition) is 1. The quantitative estimate of drug-likeness (QED) is 0.253. The molecule has 1 aliphatic rings. The van der Waals surface area contributed by atoms with Crippen LogP contribution in [0.5, 0.6) is 5.75 Å². The lowest BCUT2D eigenvalue weighted by molar-refractivity contribution is -0.149. The van der Waals surface area contributed by atoms with Crippen LogP contribution in [0.2, 0.25) is 0 Å². The molecule has 0 aromatic heterocycles. The molecule has 0 bridgehead atoms. The van der Waals surface area contributed by atoms with E-state index in [1.54, 1.807) is 57.6 Å². The number of sulfonamides is 1. The monoisotopic (exact) mass is 605 g/mol. The van der Waals surface area contributed by atoms with Crippen molar-refractivity contribution in [3.63, 3.8) is 0 Å². The Hall–Kier alpha value is -3.52. The predicted octanol–water partition coefficient (Wildman–Crippen LogP) is 2.14. The summed E-state index contributed by atoms with van der Waals surface area (Å²) in [5, 5.41) is 2.72. The second kappa shape index (κ2) is 15.6. The molecule has 2 amide bonds. The maximum Gasteiger partial charge on any atom is 0.414 e. The molecule has 1 fully saturated rings. The first-order chi connectivity index (χ1) is 20.0. The van der Waals surface area contributed by atoms with Crippen LogP contribution in [0.15, 0.2) is 53.4 Å². The number of rotatable bonds is 14. The van der Waals surface area contributed by atoms with Crippen molar-refractivity contribution >= 4 is 28.0 Å². The molecule has 1 N–H and O–H groups in total. The Balaban J connectivity index is 1.73. The molecule has 1 heterocycles. The fourth-order valence-electron chi connectivity index (χ4n) is 4.26. The van der Waals surface area contributed by atoms with Crippen LogP contribution in [0, 0.1) is 6.92 Å². The lowest BCUT2D eigenvalue weighted by Crippen LogP contribution is -2.51. The van der Waals surface area contributed by atoms with Crippen molar-refractivity contribution in [2.45, 2.75) is 43.2 Å². The fourth-order valence-corrected chi connectivity index (χ4v) is 5.92. The Kier molecular flexibility index (Phi) is 12.3. The van der Waals surface area contributed by atoms with Crippen LogP contribution in [-0.2, 0) is 40.2 Å². The van der Waals surface area contributed by atoms with E-state index in [0.717, 1.165) is 5.56 Å². The number of nitrogens with zero attached hydrogens (tertiary/aromatic N) is 2. The Morgan fingerprint density at radius 3 is 2.31 bits per heavy atom. The highest BCUT2D eigenvalue weighted by atomic mass is 32.2. The Bertz CT molecular complexity index is 1300. The molecule has 1 saturated heterocycles. The van der Waals surface area contributed by atoms with Crippen LogP contribution in [0.1, 0.15) is 24.0 Å². The molecule has 0 unspecified atom stereocenters. The summed E-state index contributed by atoms with van der Waals surface area (Å²) < 4.78 is 48.8. The Morgan fingerprint density at radius 1 is 1.00 bits per heavy atom. The van der Waals surface area contributed by atoms with E-state index in [4.69, 9.17) is 18.9 Å². The standard InChI is InChI=1S/C29H39N3O9S/c1-21-7-13-24(14-8-21)42(36,37)32-15-5-6-26(32)27(33)30-25(28(34)40-19-18-39-17-16-38-4)20-22-9-11-23(12-10-22)41-29(35)31(2)3/h7-14,25-26H,5-6,15-20H2,1-4H3,(H,30,33)/t25-,26-/m0/s1. The Morgan fingerprint density at radius 2 is 1.67 bits per heavy atom. The number of benzene rings is 2. The van der Waals surface area contributed by atoms with Crippen LogP contribution < -0.4 is 10.1 Å². The highest BCUT2D eigenvalue weighted by Gasteiger charge is 2.40. The lowest BCUT2D eigenvalue weighted by atomic mass is 10.0. The summed E-state index contributed by atoms with van der Waals surface area (Å²) in [6.45, 7) is 2.90. The smallest absolute Gasteiger partial charge is 0.414 e. The van der Waals surface area contributed by atoms with E-state index in [-0.39, 0.29) is 31.1 Å². The van der Waals surface area contributed by atoms with Gasteiger partial charge in [-0.05, 0) is 49.6 Å². The van der Waals surface area contributed by atoms with Gasteiger partial charge >= 0.3 is 12.1 Å². The van der Waals surface area contributed by atoms with Gasteiger partial charge in [0, 0.05) is 34.2 Å². The normalized spacial score (nSPS) is 16.0. The van der Waals surface area contributed by atoms with Crippen molar-refractivity contribution in [2.24, 2.45) is 0 Å². The summed E-state index contributed by atoms with van der Waals surface area (Å²) in [5.74, 6) is -0.956. The minimum Gasteiger partial charge on any atom is -0.462 e. The van der Waals surface area contributed by atoms with Crippen LogP contribution in [0.3, 0.4) is 0 Å². The largest absolute Gasteiger partial charge is 0.462 e. The zero-order chi connectivity index (χ0) is 30.7. The number of ether oxygens (including phenoxy) is 4. The Labute approximate surface area is 246 Å². The van der Waals surface area contributed by atoms with Gasteiger partial charge < -0.3 is 29.2 Å². The first kappa shape index (κ1) is 33.0. The third-order valence-corrected chi connectivity index (χ3v) is 8.49. The summed E-state index contributed by atoms with van der Waals surface area (Å²) >= 11 is 0. The summed E-state index contributed by atoms with van der Waals surface area (Å²) in [4.78, 5) is 39.8. The summed E-state index contributed by atoms with van der Waals surface area (Å²) in [6.07, 6.45) is 0.349. The van der Waals surface area contributed by atoms with Gasteiger partial charge in [-0.15, -0.1) is 0 Å². The third-order valence-electron chi connectivity index (χ3n) is 6.57. The molecule has 42 heavy (non-hydrogen) atoms. The molecular weight excluding hydrogens is 566 g/mol. The fraction of sp³-hybridized carbons (Fsp3) is 0.483. The van der Waals surface area contributed by atoms with E-state index in [0.29, 0.717) is 37.4 Å². The molecule has 0 saturated carbocycles. The van der Waals surface area contributed by atoms with Gasteiger partial charge in [0.25, 0.3) is 0 Å². The van der Waals surface area contributed by atoms with E-state index in [1.165, 1.54) is 21.3 Å². The van der Waals surface area contributed by atoms with Crippen molar-refractivity contribution < 1.29 is 41.7 Å². The topological polar surface area (TPSA) is 141 Å². The third kappa shape index (κ3) is 9.24. The average Bonchev–Trinajstić information content (AvgIpc) is 3.47. The van der Waals surface area contributed by atoms with Crippen molar-refractivity contribution in [3.05, 3.63) is 59.7 Å². The van der Waals surface area contributed by atoms with Crippen molar-refractivity contribution in [3.8, 4) is 5.75 Å². The number of nitrogens with one attached hydrogen (secondary N) is 1. The molecule has 2 aromatic carbocycles. The van der Waals surface area contributed by atoms with Crippen molar-refractivity contribution in [1.29, 1.82) is 0 Å². The predicted molar refractivity (Wildman–Crippen MR) is 154 cm³/mol. The molecule has 2 atom stereocenters. The zero-order valence-electron chi connectivity index (χ0n) is 24.4.